The fourth-order valence-electron chi connectivity index (χ4n) is 2.17. The van der Waals surface area contributed by atoms with Gasteiger partial charge in [0, 0.05) is 29.1 Å². The van der Waals surface area contributed by atoms with Crippen molar-refractivity contribution in [3.8, 4) is 5.75 Å². The summed E-state index contributed by atoms with van der Waals surface area (Å²) in [5.74, 6) is -0.575. The number of rotatable bonds is 7. The van der Waals surface area contributed by atoms with Crippen LogP contribution < -0.4 is 20.9 Å². The third-order valence-corrected chi connectivity index (χ3v) is 4.30. The highest BCUT2D eigenvalue weighted by atomic mass is 35.5. The lowest BCUT2D eigenvalue weighted by atomic mass is 10.2. The first-order chi connectivity index (χ1) is 14.3. The molecule has 2 rings (SSSR count). The minimum Gasteiger partial charge on any atom is -0.492 e. The maximum atomic E-state index is 12.0. The molecule has 12 heteroatoms. The molecule has 0 aromatic heterocycles. The molecule has 0 saturated heterocycles. The Balaban J connectivity index is 1.69. The molecule has 2 aromatic rings. The summed E-state index contributed by atoms with van der Waals surface area (Å²) in [5.41, 5.74) is 4.45. The van der Waals surface area contributed by atoms with Gasteiger partial charge in [0.05, 0.1) is 16.6 Å². The van der Waals surface area contributed by atoms with Crippen LogP contribution in [0.1, 0.15) is 23.2 Å². The minimum atomic E-state index is -0.649. The molecular weight excluding hydrogens is 455 g/mol. The molecule has 0 heterocycles. The highest BCUT2D eigenvalue weighted by molar-refractivity contribution is 7.80. The molecule has 0 spiro atoms. The summed E-state index contributed by atoms with van der Waals surface area (Å²) in [6.45, 7) is 0.248. The lowest BCUT2D eigenvalue weighted by molar-refractivity contribution is -0.384. The molecule has 0 aliphatic carbocycles. The van der Waals surface area contributed by atoms with Gasteiger partial charge in [0.1, 0.15) is 5.75 Å². The number of halogens is 2. The Labute approximate surface area is 186 Å². The van der Waals surface area contributed by atoms with E-state index >= 15 is 0 Å². The monoisotopic (exact) mass is 470 g/mol. The van der Waals surface area contributed by atoms with Crippen molar-refractivity contribution in [3.63, 3.8) is 0 Å². The summed E-state index contributed by atoms with van der Waals surface area (Å²) in [4.78, 5) is 34.0. The number of nitro benzene ring substituents is 1. The van der Waals surface area contributed by atoms with Crippen molar-refractivity contribution in [1.82, 2.24) is 16.2 Å². The second-order valence-corrected chi connectivity index (χ2v) is 7.04. The number of benzene rings is 2. The molecule has 2 aromatic carbocycles. The summed E-state index contributed by atoms with van der Waals surface area (Å²) >= 11 is 16.7. The van der Waals surface area contributed by atoms with Gasteiger partial charge in [-0.3, -0.25) is 30.6 Å². The van der Waals surface area contributed by atoms with Crippen LogP contribution in [-0.2, 0) is 4.79 Å². The molecule has 0 fully saturated rings. The van der Waals surface area contributed by atoms with Crippen LogP contribution in [0, 0.1) is 10.1 Å². The van der Waals surface area contributed by atoms with Gasteiger partial charge >= 0.3 is 0 Å². The Bertz CT molecular complexity index is 973. The molecule has 0 aliphatic heterocycles. The van der Waals surface area contributed by atoms with Gasteiger partial charge in [0.2, 0.25) is 5.91 Å². The quantitative estimate of drug-likeness (QED) is 0.245. The van der Waals surface area contributed by atoms with Crippen LogP contribution in [0.5, 0.6) is 5.75 Å². The fourth-order valence-corrected chi connectivity index (χ4v) is 2.80. The van der Waals surface area contributed by atoms with E-state index in [1.54, 1.807) is 18.2 Å². The van der Waals surface area contributed by atoms with E-state index < -0.39 is 10.8 Å². The number of hydrazine groups is 1. The predicted octanol–water partition coefficient (Wildman–Crippen LogP) is 3.40. The molecular formula is C18H16Cl2N4O5S. The number of carbonyl (C=O) groups is 2. The van der Waals surface area contributed by atoms with E-state index in [9.17, 15) is 19.7 Å². The van der Waals surface area contributed by atoms with Crippen LogP contribution in [0.3, 0.4) is 0 Å². The summed E-state index contributed by atoms with van der Waals surface area (Å²) < 4.78 is 5.48. The van der Waals surface area contributed by atoms with Crippen molar-refractivity contribution < 1.29 is 19.2 Å². The zero-order valence-electron chi connectivity index (χ0n) is 15.3. The number of hydrogen-bond donors (Lipinski definition) is 3. The number of ether oxygens (including phenoxy) is 1. The Kier molecular flexibility index (Phi) is 8.78. The van der Waals surface area contributed by atoms with Crippen molar-refractivity contribution in [2.75, 3.05) is 6.61 Å². The number of nitro groups is 1. The zero-order chi connectivity index (χ0) is 22.1. The van der Waals surface area contributed by atoms with Crippen molar-refractivity contribution >= 4 is 58.0 Å². The van der Waals surface area contributed by atoms with Crippen LogP contribution in [0.2, 0.25) is 10.0 Å². The van der Waals surface area contributed by atoms with Gasteiger partial charge in [-0.15, -0.1) is 0 Å². The van der Waals surface area contributed by atoms with Gasteiger partial charge < -0.3 is 10.1 Å². The molecule has 0 radical (unpaired) electrons. The second kappa shape index (κ2) is 11.3. The predicted molar refractivity (Wildman–Crippen MR) is 116 cm³/mol. The molecule has 0 saturated carbocycles. The smallest absolute Gasteiger partial charge is 0.270 e. The molecule has 0 bridgehead atoms. The Morgan fingerprint density at radius 1 is 1.13 bits per heavy atom. The molecule has 30 heavy (non-hydrogen) atoms. The highest BCUT2D eigenvalue weighted by Crippen LogP contribution is 2.27. The van der Waals surface area contributed by atoms with E-state index in [0.717, 1.165) is 6.07 Å². The van der Waals surface area contributed by atoms with Gasteiger partial charge in [0.15, 0.2) is 5.11 Å². The third-order valence-electron chi connectivity index (χ3n) is 3.56. The van der Waals surface area contributed by atoms with E-state index in [-0.39, 0.29) is 35.3 Å². The largest absolute Gasteiger partial charge is 0.492 e. The van der Waals surface area contributed by atoms with Crippen LogP contribution in [0.15, 0.2) is 42.5 Å². The number of thiocarbonyl (C=S) groups is 1. The van der Waals surface area contributed by atoms with E-state index in [0.29, 0.717) is 22.2 Å². The molecule has 2 amide bonds. The molecule has 158 valence electrons. The summed E-state index contributed by atoms with van der Waals surface area (Å²) in [6.07, 6.45) is 0.513. The normalized spacial score (nSPS) is 10.1. The van der Waals surface area contributed by atoms with Crippen molar-refractivity contribution in [2.45, 2.75) is 12.8 Å². The van der Waals surface area contributed by atoms with Crippen molar-refractivity contribution in [2.24, 2.45) is 0 Å². The van der Waals surface area contributed by atoms with Crippen LogP contribution >= 0.6 is 35.4 Å². The molecule has 0 unspecified atom stereocenters. The molecule has 0 atom stereocenters. The first kappa shape index (κ1) is 23.3. The highest BCUT2D eigenvalue weighted by Gasteiger charge is 2.12. The maximum Gasteiger partial charge on any atom is 0.270 e. The number of carbonyl (C=O) groups excluding carboxylic acids is 2. The SMILES string of the molecule is O=C(CCCOc1ccc(Cl)cc1Cl)NC(=S)NNC(=O)c1cccc([N+](=O)[O-])c1. The van der Waals surface area contributed by atoms with Crippen molar-refractivity contribution in [3.05, 3.63) is 68.2 Å². The Hall–Kier alpha value is -2.95. The van der Waals surface area contributed by atoms with E-state index in [4.69, 9.17) is 40.2 Å². The Morgan fingerprint density at radius 2 is 1.90 bits per heavy atom. The molecule has 9 nitrogen and oxygen atoms in total. The minimum absolute atomic E-state index is 0.0591. The van der Waals surface area contributed by atoms with Gasteiger partial charge in [-0.05, 0) is 42.9 Å². The van der Waals surface area contributed by atoms with Gasteiger partial charge in [-0.2, -0.15) is 0 Å². The molecule has 3 N–H and O–H groups in total. The van der Waals surface area contributed by atoms with Gasteiger partial charge in [-0.1, -0.05) is 29.3 Å². The van der Waals surface area contributed by atoms with Crippen LogP contribution in [0.25, 0.3) is 0 Å². The number of non-ortho nitro benzene ring substituents is 1. The first-order valence-electron chi connectivity index (χ1n) is 8.48. The van der Waals surface area contributed by atoms with Crippen molar-refractivity contribution in [1.29, 1.82) is 0 Å². The van der Waals surface area contributed by atoms with E-state index in [1.807, 2.05) is 0 Å². The van der Waals surface area contributed by atoms with Crippen LogP contribution in [0.4, 0.5) is 5.69 Å². The average molecular weight is 471 g/mol. The number of amides is 2. The van der Waals surface area contributed by atoms with E-state index in [1.165, 1.54) is 18.2 Å². The summed E-state index contributed by atoms with van der Waals surface area (Å²) in [7, 11) is 0. The fraction of sp³-hybridized carbons (Fsp3) is 0.167. The Morgan fingerprint density at radius 3 is 2.60 bits per heavy atom. The third kappa shape index (κ3) is 7.47. The summed E-state index contributed by atoms with van der Waals surface area (Å²) in [6, 6.07) is 9.99. The number of nitrogens with one attached hydrogen (secondary N) is 3. The lowest BCUT2D eigenvalue weighted by Gasteiger charge is -2.11. The standard InChI is InChI=1S/C18H16Cl2N4O5S/c19-12-6-7-15(14(20)10-12)29-8-2-5-16(25)21-18(30)23-22-17(26)11-3-1-4-13(9-11)24(27)28/h1,3-4,6-7,9-10H,2,5,8H2,(H,22,26)(H2,21,23,25,30). The maximum absolute atomic E-state index is 12.0. The molecule has 0 aliphatic rings. The topological polar surface area (TPSA) is 123 Å². The zero-order valence-corrected chi connectivity index (χ0v) is 17.6. The second-order valence-electron chi connectivity index (χ2n) is 5.79. The summed E-state index contributed by atoms with van der Waals surface area (Å²) in [5, 5.41) is 13.9. The van der Waals surface area contributed by atoms with Gasteiger partial charge in [0.25, 0.3) is 11.6 Å². The first-order valence-corrected chi connectivity index (χ1v) is 9.65. The van der Waals surface area contributed by atoms with Crippen LogP contribution in [-0.4, -0.2) is 28.5 Å². The number of hydrogen-bond acceptors (Lipinski definition) is 6. The number of nitrogens with zero attached hydrogens (tertiary/aromatic N) is 1. The van der Waals surface area contributed by atoms with E-state index in [2.05, 4.69) is 16.2 Å². The average Bonchev–Trinajstić information content (AvgIpc) is 2.70. The lowest BCUT2D eigenvalue weighted by Crippen LogP contribution is -2.48. The van der Waals surface area contributed by atoms with Gasteiger partial charge in [-0.25, -0.2) is 0 Å².